The molecule has 1 unspecified atom stereocenters. The van der Waals surface area contributed by atoms with E-state index in [-0.39, 0.29) is 6.10 Å². The van der Waals surface area contributed by atoms with Crippen LogP contribution in [-0.4, -0.2) is 27.5 Å². The lowest BCUT2D eigenvalue weighted by molar-refractivity contribution is 0.167. The highest BCUT2D eigenvalue weighted by Crippen LogP contribution is 2.13. The summed E-state index contributed by atoms with van der Waals surface area (Å²) in [4.78, 5) is 0. The first-order valence-electron chi connectivity index (χ1n) is 5.48. The van der Waals surface area contributed by atoms with Crippen molar-refractivity contribution in [3.05, 3.63) is 17.0 Å². The number of aliphatic hydroxyl groups excluding tert-OH is 1. The molecule has 4 heteroatoms. The molecular formula is C11H21N3O. The van der Waals surface area contributed by atoms with Crippen LogP contribution in [0.15, 0.2) is 0 Å². The first-order chi connectivity index (χ1) is 7.06. The minimum Gasteiger partial charge on any atom is -0.391 e. The van der Waals surface area contributed by atoms with Crippen molar-refractivity contribution in [3.63, 3.8) is 0 Å². The second-order valence-electron chi connectivity index (χ2n) is 3.96. The van der Waals surface area contributed by atoms with Gasteiger partial charge in [-0.2, -0.15) is 5.10 Å². The van der Waals surface area contributed by atoms with E-state index in [2.05, 4.69) is 24.3 Å². The summed E-state index contributed by atoms with van der Waals surface area (Å²) in [5.74, 6) is 0. The van der Waals surface area contributed by atoms with Gasteiger partial charge in [-0.3, -0.25) is 4.68 Å². The van der Waals surface area contributed by atoms with E-state index in [1.54, 1.807) is 6.92 Å². The summed E-state index contributed by atoms with van der Waals surface area (Å²) in [5.41, 5.74) is 3.45. The molecule has 0 radical (unpaired) electrons. The van der Waals surface area contributed by atoms with Gasteiger partial charge in [0.05, 0.1) is 18.3 Å². The highest BCUT2D eigenvalue weighted by Gasteiger charge is 2.11. The van der Waals surface area contributed by atoms with E-state index in [1.807, 2.05) is 11.6 Å². The van der Waals surface area contributed by atoms with Crippen LogP contribution in [0.4, 0.5) is 0 Å². The molecule has 1 atom stereocenters. The molecule has 15 heavy (non-hydrogen) atoms. The Hall–Kier alpha value is -0.870. The maximum absolute atomic E-state index is 9.33. The van der Waals surface area contributed by atoms with Crippen molar-refractivity contribution in [1.82, 2.24) is 15.1 Å². The molecule has 4 nitrogen and oxygen atoms in total. The van der Waals surface area contributed by atoms with Gasteiger partial charge in [-0.15, -0.1) is 0 Å². The van der Waals surface area contributed by atoms with Gasteiger partial charge in [-0.05, 0) is 27.3 Å². The number of nitrogens with one attached hydrogen (secondary N) is 1. The standard InChI is InChI=1S/C11H21N3O/c1-5-12-6-11-9(3)13-14(10(11)4)7-8(2)15/h8,12,15H,5-7H2,1-4H3. The molecular weight excluding hydrogens is 190 g/mol. The molecule has 2 N–H and O–H groups in total. The summed E-state index contributed by atoms with van der Waals surface area (Å²) in [5, 5.41) is 17.0. The van der Waals surface area contributed by atoms with E-state index in [4.69, 9.17) is 0 Å². The molecule has 0 spiro atoms. The fourth-order valence-corrected chi connectivity index (χ4v) is 1.67. The van der Waals surface area contributed by atoms with Crippen LogP contribution in [0.5, 0.6) is 0 Å². The molecule has 0 saturated carbocycles. The molecule has 0 aliphatic heterocycles. The second kappa shape index (κ2) is 5.28. The van der Waals surface area contributed by atoms with E-state index in [0.717, 1.165) is 24.5 Å². The molecule has 1 rings (SSSR count). The van der Waals surface area contributed by atoms with Crippen molar-refractivity contribution in [3.8, 4) is 0 Å². The number of aromatic nitrogens is 2. The highest BCUT2D eigenvalue weighted by atomic mass is 16.3. The number of aliphatic hydroxyl groups is 1. The van der Waals surface area contributed by atoms with Crippen molar-refractivity contribution < 1.29 is 5.11 Å². The van der Waals surface area contributed by atoms with E-state index >= 15 is 0 Å². The van der Waals surface area contributed by atoms with Crippen molar-refractivity contribution in [1.29, 1.82) is 0 Å². The Morgan fingerprint density at radius 2 is 2.13 bits per heavy atom. The lowest BCUT2D eigenvalue weighted by Gasteiger charge is -2.07. The Labute approximate surface area is 91.3 Å². The SMILES string of the molecule is CCNCc1c(C)nn(CC(C)O)c1C. The maximum Gasteiger partial charge on any atom is 0.0708 e. The lowest BCUT2D eigenvalue weighted by atomic mass is 10.2. The molecule has 1 aromatic rings. The zero-order valence-corrected chi connectivity index (χ0v) is 10.0. The van der Waals surface area contributed by atoms with Gasteiger partial charge < -0.3 is 10.4 Å². The molecule has 0 aliphatic rings. The third-order valence-electron chi connectivity index (χ3n) is 2.52. The minimum absolute atomic E-state index is 0.352. The second-order valence-corrected chi connectivity index (χ2v) is 3.96. The van der Waals surface area contributed by atoms with Crippen molar-refractivity contribution in [2.75, 3.05) is 6.54 Å². The Morgan fingerprint density at radius 1 is 1.47 bits per heavy atom. The van der Waals surface area contributed by atoms with Gasteiger partial charge in [-0.25, -0.2) is 0 Å². The predicted molar refractivity (Wildman–Crippen MR) is 60.8 cm³/mol. The first kappa shape index (κ1) is 12.2. The number of rotatable bonds is 5. The van der Waals surface area contributed by atoms with Gasteiger partial charge in [0.2, 0.25) is 0 Å². The van der Waals surface area contributed by atoms with Gasteiger partial charge in [0.15, 0.2) is 0 Å². The molecule has 0 fully saturated rings. The molecule has 1 heterocycles. The number of hydrogen-bond acceptors (Lipinski definition) is 3. The predicted octanol–water partition coefficient (Wildman–Crippen LogP) is 0.990. The van der Waals surface area contributed by atoms with Crippen molar-refractivity contribution in [2.24, 2.45) is 0 Å². The molecule has 86 valence electrons. The summed E-state index contributed by atoms with van der Waals surface area (Å²) < 4.78 is 1.88. The Balaban J connectivity index is 2.83. The number of hydrogen-bond donors (Lipinski definition) is 2. The van der Waals surface area contributed by atoms with Crippen LogP contribution >= 0.6 is 0 Å². The number of aryl methyl sites for hydroxylation is 1. The van der Waals surface area contributed by atoms with Crippen molar-refractivity contribution >= 4 is 0 Å². The molecule has 0 bridgehead atoms. The van der Waals surface area contributed by atoms with E-state index in [1.165, 1.54) is 5.56 Å². The molecule has 0 aromatic carbocycles. The Morgan fingerprint density at radius 3 is 2.67 bits per heavy atom. The molecule has 0 saturated heterocycles. The fraction of sp³-hybridized carbons (Fsp3) is 0.727. The normalized spacial score (nSPS) is 13.1. The van der Waals surface area contributed by atoms with Crippen LogP contribution < -0.4 is 5.32 Å². The van der Waals surface area contributed by atoms with Crippen LogP contribution in [0.25, 0.3) is 0 Å². The van der Waals surface area contributed by atoms with Gasteiger partial charge >= 0.3 is 0 Å². The summed E-state index contributed by atoms with van der Waals surface area (Å²) in [6.45, 7) is 10.3. The number of nitrogens with zero attached hydrogens (tertiary/aromatic N) is 2. The third-order valence-corrected chi connectivity index (χ3v) is 2.52. The van der Waals surface area contributed by atoms with E-state index in [9.17, 15) is 5.11 Å². The largest absolute Gasteiger partial charge is 0.391 e. The summed E-state index contributed by atoms with van der Waals surface area (Å²) in [6, 6.07) is 0. The van der Waals surface area contributed by atoms with Crippen LogP contribution in [0, 0.1) is 13.8 Å². The van der Waals surface area contributed by atoms with Gasteiger partial charge in [0, 0.05) is 17.8 Å². The van der Waals surface area contributed by atoms with E-state index in [0.29, 0.717) is 6.54 Å². The third kappa shape index (κ3) is 3.04. The van der Waals surface area contributed by atoms with Crippen LogP contribution in [0.1, 0.15) is 30.8 Å². The average molecular weight is 211 g/mol. The van der Waals surface area contributed by atoms with Crippen molar-refractivity contribution in [2.45, 2.75) is 46.9 Å². The summed E-state index contributed by atoms with van der Waals surface area (Å²) >= 11 is 0. The van der Waals surface area contributed by atoms with Crippen LogP contribution in [0.2, 0.25) is 0 Å². The fourth-order valence-electron chi connectivity index (χ4n) is 1.67. The Bertz CT molecular complexity index is 318. The summed E-state index contributed by atoms with van der Waals surface area (Å²) in [6.07, 6.45) is -0.352. The smallest absolute Gasteiger partial charge is 0.0708 e. The molecule has 1 aromatic heterocycles. The van der Waals surface area contributed by atoms with Crippen LogP contribution in [0.3, 0.4) is 0 Å². The van der Waals surface area contributed by atoms with Gasteiger partial charge in [0.25, 0.3) is 0 Å². The summed E-state index contributed by atoms with van der Waals surface area (Å²) in [7, 11) is 0. The van der Waals surface area contributed by atoms with E-state index < -0.39 is 0 Å². The first-order valence-corrected chi connectivity index (χ1v) is 5.48. The quantitative estimate of drug-likeness (QED) is 0.763. The lowest BCUT2D eigenvalue weighted by Crippen LogP contribution is -2.15. The molecule has 0 aliphatic carbocycles. The monoisotopic (exact) mass is 211 g/mol. The molecule has 0 amide bonds. The van der Waals surface area contributed by atoms with Crippen LogP contribution in [-0.2, 0) is 13.1 Å². The Kier molecular flexibility index (Phi) is 4.29. The maximum atomic E-state index is 9.33. The minimum atomic E-state index is -0.352. The zero-order chi connectivity index (χ0) is 11.4. The van der Waals surface area contributed by atoms with Gasteiger partial charge in [-0.1, -0.05) is 6.92 Å². The highest BCUT2D eigenvalue weighted by molar-refractivity contribution is 5.24. The average Bonchev–Trinajstić information content (AvgIpc) is 2.39. The zero-order valence-electron chi connectivity index (χ0n) is 10.0. The topological polar surface area (TPSA) is 50.1 Å². The van der Waals surface area contributed by atoms with Gasteiger partial charge in [0.1, 0.15) is 0 Å².